The summed E-state index contributed by atoms with van der Waals surface area (Å²) < 4.78 is 39.8. The average molecular weight is 387 g/mol. The van der Waals surface area contributed by atoms with Crippen LogP contribution in [0.2, 0.25) is 5.15 Å². The van der Waals surface area contributed by atoms with Crippen molar-refractivity contribution in [3.63, 3.8) is 0 Å². The standard InChI is InChI=1S/C14H12ClFN4O4S/c1-8-18-12(13(20(21)22)14(15)19-8)11(7-17-2)25(23,24)10-6-4-3-5-9(10)16/h3-6,11H,2,7H2,1H3. The van der Waals surface area contributed by atoms with E-state index in [1.165, 1.54) is 19.1 Å². The zero-order valence-corrected chi connectivity index (χ0v) is 14.5. The molecule has 0 radical (unpaired) electrons. The Labute approximate surface area is 147 Å². The minimum Gasteiger partial charge on any atom is -0.299 e. The second-order valence-corrected chi connectivity index (χ2v) is 7.38. The Morgan fingerprint density at radius 3 is 2.60 bits per heavy atom. The van der Waals surface area contributed by atoms with Gasteiger partial charge in [0.2, 0.25) is 5.15 Å². The van der Waals surface area contributed by atoms with Crippen LogP contribution in [-0.2, 0) is 9.84 Å². The van der Waals surface area contributed by atoms with Gasteiger partial charge in [-0.05, 0) is 25.8 Å². The summed E-state index contributed by atoms with van der Waals surface area (Å²) in [6, 6.07) is 4.68. The van der Waals surface area contributed by atoms with Gasteiger partial charge in [0.15, 0.2) is 9.84 Å². The molecular formula is C14H12ClFN4O4S. The number of aromatic nitrogens is 2. The first kappa shape index (κ1) is 18.9. The van der Waals surface area contributed by atoms with Gasteiger partial charge in [0, 0.05) is 0 Å². The second-order valence-electron chi connectivity index (χ2n) is 4.92. The van der Waals surface area contributed by atoms with Crippen LogP contribution in [0.5, 0.6) is 0 Å². The molecule has 1 aromatic heterocycles. The molecule has 1 aromatic carbocycles. The highest BCUT2D eigenvalue weighted by molar-refractivity contribution is 7.91. The number of sulfone groups is 1. The van der Waals surface area contributed by atoms with Crippen molar-refractivity contribution in [2.75, 3.05) is 6.54 Å². The molecule has 0 bridgehead atoms. The van der Waals surface area contributed by atoms with Gasteiger partial charge < -0.3 is 0 Å². The third-order valence-corrected chi connectivity index (χ3v) is 5.61. The fourth-order valence-corrected chi connectivity index (χ4v) is 4.19. The normalized spacial score (nSPS) is 12.6. The van der Waals surface area contributed by atoms with Gasteiger partial charge in [-0.15, -0.1) is 0 Å². The van der Waals surface area contributed by atoms with Crippen molar-refractivity contribution < 1.29 is 17.7 Å². The molecule has 8 nitrogen and oxygen atoms in total. The van der Waals surface area contributed by atoms with Crippen LogP contribution in [0.4, 0.5) is 10.1 Å². The Morgan fingerprint density at radius 2 is 2.04 bits per heavy atom. The van der Waals surface area contributed by atoms with E-state index in [0.29, 0.717) is 0 Å². The van der Waals surface area contributed by atoms with Crippen molar-refractivity contribution in [2.45, 2.75) is 17.1 Å². The fourth-order valence-electron chi connectivity index (χ4n) is 2.22. The summed E-state index contributed by atoms with van der Waals surface area (Å²) in [5.41, 5.74) is -1.22. The van der Waals surface area contributed by atoms with Crippen LogP contribution in [0.1, 0.15) is 16.8 Å². The number of halogens is 2. The molecule has 1 unspecified atom stereocenters. The van der Waals surface area contributed by atoms with Crippen molar-refractivity contribution in [2.24, 2.45) is 4.99 Å². The van der Waals surface area contributed by atoms with Crippen LogP contribution in [0, 0.1) is 22.9 Å². The number of hydrogen-bond donors (Lipinski definition) is 0. The topological polar surface area (TPSA) is 115 Å². The molecule has 2 rings (SSSR count). The smallest absolute Gasteiger partial charge is 0.299 e. The molecule has 0 aliphatic rings. The first-order valence-electron chi connectivity index (χ1n) is 6.79. The maximum Gasteiger partial charge on any atom is 0.329 e. The van der Waals surface area contributed by atoms with E-state index in [-0.39, 0.29) is 5.82 Å². The highest BCUT2D eigenvalue weighted by Crippen LogP contribution is 2.37. The van der Waals surface area contributed by atoms with Gasteiger partial charge in [-0.1, -0.05) is 23.7 Å². The van der Waals surface area contributed by atoms with E-state index < -0.39 is 53.8 Å². The summed E-state index contributed by atoms with van der Waals surface area (Å²) in [6.45, 7) is 4.15. The molecule has 0 saturated heterocycles. The van der Waals surface area contributed by atoms with Crippen LogP contribution in [0.3, 0.4) is 0 Å². The lowest BCUT2D eigenvalue weighted by atomic mass is 10.2. The SMILES string of the molecule is C=NCC(c1nc(C)nc(Cl)c1[N+](=O)[O-])S(=O)(=O)c1ccccc1F. The van der Waals surface area contributed by atoms with E-state index in [1.807, 2.05) is 0 Å². The molecule has 132 valence electrons. The van der Waals surface area contributed by atoms with Crippen molar-refractivity contribution in [1.29, 1.82) is 0 Å². The molecule has 25 heavy (non-hydrogen) atoms. The Hall–Kier alpha value is -2.46. The molecule has 0 saturated carbocycles. The minimum absolute atomic E-state index is 0.0309. The van der Waals surface area contributed by atoms with E-state index >= 15 is 0 Å². The lowest BCUT2D eigenvalue weighted by Crippen LogP contribution is -2.21. The minimum atomic E-state index is -4.40. The van der Waals surface area contributed by atoms with Gasteiger partial charge in [0.05, 0.1) is 11.5 Å². The summed E-state index contributed by atoms with van der Waals surface area (Å²) in [7, 11) is -4.40. The summed E-state index contributed by atoms with van der Waals surface area (Å²) in [5.74, 6) is -0.959. The Kier molecular flexibility index (Phi) is 5.43. The molecule has 0 spiro atoms. The maximum atomic E-state index is 14.0. The second kappa shape index (κ2) is 7.19. The summed E-state index contributed by atoms with van der Waals surface area (Å²) in [4.78, 5) is 20.9. The third-order valence-electron chi connectivity index (χ3n) is 3.28. The molecule has 11 heteroatoms. The van der Waals surface area contributed by atoms with Gasteiger partial charge >= 0.3 is 5.69 Å². The summed E-state index contributed by atoms with van der Waals surface area (Å²) in [5, 5.41) is 9.17. The van der Waals surface area contributed by atoms with Gasteiger partial charge in [-0.2, -0.15) is 0 Å². The fraction of sp³-hybridized carbons (Fsp3) is 0.214. The van der Waals surface area contributed by atoms with Crippen LogP contribution in [-0.4, -0.2) is 36.6 Å². The van der Waals surface area contributed by atoms with Crippen molar-refractivity contribution >= 4 is 33.8 Å². The van der Waals surface area contributed by atoms with Gasteiger partial charge in [0.1, 0.15) is 27.5 Å². The Bertz CT molecular complexity index is 952. The lowest BCUT2D eigenvalue weighted by molar-refractivity contribution is -0.386. The quantitative estimate of drug-likeness (QED) is 0.326. The Morgan fingerprint density at radius 1 is 1.40 bits per heavy atom. The molecule has 2 aromatic rings. The molecular weight excluding hydrogens is 375 g/mol. The van der Waals surface area contributed by atoms with Crippen LogP contribution in [0.25, 0.3) is 0 Å². The lowest BCUT2D eigenvalue weighted by Gasteiger charge is -2.16. The molecule has 1 atom stereocenters. The van der Waals surface area contributed by atoms with Crippen LogP contribution in [0.15, 0.2) is 34.2 Å². The molecule has 0 amide bonds. The monoisotopic (exact) mass is 386 g/mol. The maximum absolute atomic E-state index is 14.0. The van der Waals surface area contributed by atoms with Crippen molar-refractivity contribution in [1.82, 2.24) is 9.97 Å². The largest absolute Gasteiger partial charge is 0.329 e. The highest BCUT2D eigenvalue weighted by atomic mass is 35.5. The zero-order chi connectivity index (χ0) is 18.8. The van der Waals surface area contributed by atoms with Crippen LogP contribution < -0.4 is 0 Å². The first-order valence-corrected chi connectivity index (χ1v) is 8.72. The average Bonchev–Trinajstić information content (AvgIpc) is 2.51. The molecule has 0 aliphatic carbocycles. The molecule has 0 N–H and O–H groups in total. The van der Waals surface area contributed by atoms with Gasteiger partial charge in [-0.25, -0.2) is 22.8 Å². The highest BCUT2D eigenvalue weighted by Gasteiger charge is 2.38. The predicted molar refractivity (Wildman–Crippen MR) is 89.2 cm³/mol. The van der Waals surface area contributed by atoms with Crippen molar-refractivity contribution in [3.05, 3.63) is 56.9 Å². The number of nitro groups is 1. The summed E-state index contributed by atoms with van der Waals surface area (Å²) >= 11 is 5.79. The Balaban J connectivity index is 2.78. The number of rotatable bonds is 6. The van der Waals surface area contributed by atoms with E-state index in [0.717, 1.165) is 12.1 Å². The third kappa shape index (κ3) is 3.64. The van der Waals surface area contributed by atoms with E-state index in [1.54, 1.807) is 0 Å². The number of aliphatic imine (C=N–C) groups is 1. The van der Waals surface area contributed by atoms with Crippen LogP contribution >= 0.6 is 11.6 Å². The number of benzene rings is 1. The number of nitrogens with zero attached hydrogens (tertiary/aromatic N) is 4. The number of aryl methyl sites for hydroxylation is 1. The first-order chi connectivity index (χ1) is 11.7. The van der Waals surface area contributed by atoms with Crippen molar-refractivity contribution in [3.8, 4) is 0 Å². The molecule has 1 heterocycles. The number of hydrogen-bond acceptors (Lipinski definition) is 7. The molecule has 0 aliphatic heterocycles. The predicted octanol–water partition coefficient (Wildman–Crippen LogP) is 2.70. The van der Waals surface area contributed by atoms with E-state index in [2.05, 4.69) is 21.7 Å². The summed E-state index contributed by atoms with van der Waals surface area (Å²) in [6.07, 6.45) is 0. The zero-order valence-electron chi connectivity index (χ0n) is 12.9. The molecule has 0 fully saturated rings. The van der Waals surface area contributed by atoms with Gasteiger partial charge in [0.25, 0.3) is 0 Å². The van der Waals surface area contributed by atoms with E-state index in [4.69, 9.17) is 11.6 Å². The van der Waals surface area contributed by atoms with E-state index in [9.17, 15) is 22.9 Å². The van der Waals surface area contributed by atoms with Gasteiger partial charge in [-0.3, -0.25) is 15.1 Å².